The number of carbonyl (C=O) groups is 1. The Hall–Kier alpha value is -2.54. The number of thiazole rings is 1. The first-order chi connectivity index (χ1) is 12.6. The van der Waals surface area contributed by atoms with Crippen molar-refractivity contribution in [1.82, 2.24) is 25.1 Å². The number of benzene rings is 1. The Morgan fingerprint density at radius 2 is 2.00 bits per heavy atom. The lowest BCUT2D eigenvalue weighted by Gasteiger charge is -2.15. The maximum absolute atomic E-state index is 12.6. The summed E-state index contributed by atoms with van der Waals surface area (Å²) in [7, 11) is 0. The average molecular weight is 367 g/mol. The van der Waals surface area contributed by atoms with Gasteiger partial charge in [-0.15, -0.1) is 21.5 Å². The third-order valence-electron chi connectivity index (χ3n) is 4.72. The van der Waals surface area contributed by atoms with E-state index in [0.717, 1.165) is 58.6 Å². The maximum Gasteiger partial charge on any atom is 0.263 e. The highest BCUT2D eigenvalue weighted by atomic mass is 32.1. The van der Waals surface area contributed by atoms with Crippen LogP contribution in [-0.4, -0.2) is 31.7 Å². The Morgan fingerprint density at radius 3 is 2.73 bits per heavy atom. The molecule has 1 unspecified atom stereocenters. The number of nitrogens with zero attached hydrogens (tertiary/aromatic N) is 4. The summed E-state index contributed by atoms with van der Waals surface area (Å²) in [6, 6.07) is 10.3. The van der Waals surface area contributed by atoms with Gasteiger partial charge in [0.05, 0.1) is 10.7 Å². The highest BCUT2D eigenvalue weighted by Crippen LogP contribution is 2.23. The van der Waals surface area contributed by atoms with Crippen LogP contribution in [0.2, 0.25) is 0 Å². The molecule has 0 fully saturated rings. The van der Waals surface area contributed by atoms with Crippen molar-refractivity contribution in [1.29, 1.82) is 0 Å². The molecule has 0 aliphatic carbocycles. The van der Waals surface area contributed by atoms with Gasteiger partial charge >= 0.3 is 0 Å². The Balaban J connectivity index is 1.48. The Bertz CT molecular complexity index is 931. The van der Waals surface area contributed by atoms with E-state index in [1.165, 1.54) is 11.3 Å². The van der Waals surface area contributed by atoms with Crippen molar-refractivity contribution in [2.45, 2.75) is 45.7 Å². The molecule has 0 spiro atoms. The van der Waals surface area contributed by atoms with Crippen LogP contribution < -0.4 is 5.32 Å². The predicted octanol–water partition coefficient (Wildman–Crippen LogP) is 3.15. The molecule has 6 nitrogen and oxygen atoms in total. The van der Waals surface area contributed by atoms with Gasteiger partial charge in [-0.1, -0.05) is 30.3 Å². The van der Waals surface area contributed by atoms with Crippen LogP contribution in [0.5, 0.6) is 0 Å². The third-order valence-corrected chi connectivity index (χ3v) is 5.79. The molecule has 1 amide bonds. The highest BCUT2D eigenvalue weighted by Gasteiger charge is 2.23. The first kappa shape index (κ1) is 16.9. The summed E-state index contributed by atoms with van der Waals surface area (Å²) in [6.07, 6.45) is 2.55. The zero-order valence-electron chi connectivity index (χ0n) is 14.9. The molecule has 0 saturated heterocycles. The van der Waals surface area contributed by atoms with Crippen molar-refractivity contribution in [3.8, 4) is 11.4 Å². The number of nitrogens with one attached hydrogen (secondary N) is 1. The van der Waals surface area contributed by atoms with Crippen LogP contribution in [0.4, 0.5) is 0 Å². The second-order valence-electron chi connectivity index (χ2n) is 6.60. The van der Waals surface area contributed by atoms with Crippen molar-refractivity contribution >= 4 is 17.2 Å². The molecular weight excluding hydrogens is 346 g/mol. The molecule has 4 rings (SSSR count). The van der Waals surface area contributed by atoms with Crippen LogP contribution in [-0.2, 0) is 13.0 Å². The number of hydrogen-bond donors (Lipinski definition) is 1. The SMILES string of the molecule is Cc1nc(C)c(C(=O)NC2CCc3nnc(-c4ccccc4)n3CC2)s1. The van der Waals surface area contributed by atoms with Gasteiger partial charge < -0.3 is 9.88 Å². The Labute approximate surface area is 156 Å². The van der Waals surface area contributed by atoms with E-state index >= 15 is 0 Å². The van der Waals surface area contributed by atoms with Crippen molar-refractivity contribution < 1.29 is 4.79 Å². The Morgan fingerprint density at radius 1 is 1.19 bits per heavy atom. The van der Waals surface area contributed by atoms with E-state index in [-0.39, 0.29) is 11.9 Å². The largest absolute Gasteiger partial charge is 0.348 e. The van der Waals surface area contributed by atoms with Crippen molar-refractivity contribution in [3.05, 3.63) is 51.7 Å². The minimum absolute atomic E-state index is 0.0148. The number of rotatable bonds is 3. The van der Waals surface area contributed by atoms with Crippen molar-refractivity contribution in [3.63, 3.8) is 0 Å². The molecule has 3 aromatic rings. The number of fused-ring (bicyclic) bond motifs is 1. The fourth-order valence-corrected chi connectivity index (χ4v) is 4.25. The van der Waals surface area contributed by atoms with Gasteiger partial charge in [-0.25, -0.2) is 4.98 Å². The lowest BCUT2D eigenvalue weighted by molar-refractivity contribution is 0.0936. The monoisotopic (exact) mass is 367 g/mol. The average Bonchev–Trinajstić information content (AvgIpc) is 3.14. The zero-order valence-corrected chi connectivity index (χ0v) is 15.7. The molecule has 1 aliphatic heterocycles. The van der Waals surface area contributed by atoms with Crippen molar-refractivity contribution in [2.24, 2.45) is 0 Å². The Kier molecular flexibility index (Phi) is 4.55. The fourth-order valence-electron chi connectivity index (χ4n) is 3.43. The van der Waals surface area contributed by atoms with Crippen LogP contribution in [0, 0.1) is 13.8 Å². The normalized spacial score (nSPS) is 16.8. The van der Waals surface area contributed by atoms with Crippen LogP contribution in [0.3, 0.4) is 0 Å². The summed E-state index contributed by atoms with van der Waals surface area (Å²) in [5.41, 5.74) is 1.88. The molecule has 1 atom stereocenters. The van der Waals surface area contributed by atoms with Gasteiger partial charge in [0.1, 0.15) is 10.7 Å². The van der Waals surface area contributed by atoms with Gasteiger partial charge in [0.2, 0.25) is 0 Å². The van der Waals surface area contributed by atoms with Crippen molar-refractivity contribution in [2.75, 3.05) is 0 Å². The lowest BCUT2D eigenvalue weighted by Crippen LogP contribution is -2.35. The topological polar surface area (TPSA) is 72.7 Å². The smallest absolute Gasteiger partial charge is 0.263 e. The minimum Gasteiger partial charge on any atom is -0.348 e. The second-order valence-corrected chi connectivity index (χ2v) is 7.81. The van der Waals surface area contributed by atoms with E-state index in [1.54, 1.807) is 0 Å². The number of amides is 1. The van der Waals surface area contributed by atoms with E-state index in [4.69, 9.17) is 0 Å². The van der Waals surface area contributed by atoms with E-state index in [9.17, 15) is 4.79 Å². The molecule has 0 bridgehead atoms. The molecule has 3 heterocycles. The molecule has 2 aromatic heterocycles. The summed E-state index contributed by atoms with van der Waals surface area (Å²) in [4.78, 5) is 17.7. The summed E-state index contributed by atoms with van der Waals surface area (Å²) in [6.45, 7) is 4.62. The van der Waals surface area contributed by atoms with Crippen LogP contribution in [0.1, 0.15) is 39.0 Å². The summed E-state index contributed by atoms with van der Waals surface area (Å²) >= 11 is 1.45. The van der Waals surface area contributed by atoms with E-state index in [2.05, 4.69) is 37.2 Å². The first-order valence-corrected chi connectivity index (χ1v) is 9.66. The van der Waals surface area contributed by atoms with Gasteiger partial charge in [-0.2, -0.15) is 0 Å². The molecular formula is C19H21N5OS. The van der Waals surface area contributed by atoms with Gasteiger partial charge in [-0.05, 0) is 26.7 Å². The van der Waals surface area contributed by atoms with E-state index in [1.807, 2.05) is 32.0 Å². The van der Waals surface area contributed by atoms with E-state index in [0.29, 0.717) is 0 Å². The maximum atomic E-state index is 12.6. The number of aromatic nitrogens is 4. The van der Waals surface area contributed by atoms with Gasteiger partial charge in [0, 0.05) is 24.6 Å². The number of carbonyl (C=O) groups excluding carboxylic acids is 1. The summed E-state index contributed by atoms with van der Waals surface area (Å²) < 4.78 is 2.18. The molecule has 1 N–H and O–H groups in total. The minimum atomic E-state index is -0.0148. The zero-order chi connectivity index (χ0) is 18.1. The number of hydrogen-bond acceptors (Lipinski definition) is 5. The fraction of sp³-hybridized carbons (Fsp3) is 0.368. The summed E-state index contributed by atoms with van der Waals surface area (Å²) in [5, 5.41) is 12.9. The molecule has 7 heteroatoms. The van der Waals surface area contributed by atoms with Gasteiger partial charge in [-0.3, -0.25) is 4.79 Å². The molecule has 1 aromatic carbocycles. The van der Waals surface area contributed by atoms with Crippen LogP contribution in [0.25, 0.3) is 11.4 Å². The lowest BCUT2D eigenvalue weighted by atomic mass is 10.1. The molecule has 134 valence electrons. The molecule has 0 radical (unpaired) electrons. The summed E-state index contributed by atoms with van der Waals surface area (Å²) in [5.74, 6) is 1.88. The predicted molar refractivity (Wildman–Crippen MR) is 101 cm³/mol. The molecule has 26 heavy (non-hydrogen) atoms. The van der Waals surface area contributed by atoms with Gasteiger partial charge in [0.25, 0.3) is 5.91 Å². The molecule has 1 aliphatic rings. The quantitative estimate of drug-likeness (QED) is 0.772. The third kappa shape index (κ3) is 3.26. The standard InChI is InChI=1S/C19H21N5OS/c1-12-17(26-13(2)20-12)19(25)21-15-8-9-16-22-23-18(24(16)11-10-15)14-6-4-3-5-7-14/h3-7,15H,8-11H2,1-2H3,(H,21,25). The molecule has 0 saturated carbocycles. The van der Waals surface area contributed by atoms with Gasteiger partial charge in [0.15, 0.2) is 5.82 Å². The highest BCUT2D eigenvalue weighted by molar-refractivity contribution is 7.13. The first-order valence-electron chi connectivity index (χ1n) is 8.84. The van der Waals surface area contributed by atoms with Crippen LogP contribution in [0.15, 0.2) is 30.3 Å². The second kappa shape index (κ2) is 6.99. The van der Waals surface area contributed by atoms with E-state index < -0.39 is 0 Å². The van der Waals surface area contributed by atoms with Crippen LogP contribution >= 0.6 is 11.3 Å². The number of aryl methyl sites for hydroxylation is 3.